The summed E-state index contributed by atoms with van der Waals surface area (Å²) in [6, 6.07) is 2.12. The first-order valence-corrected chi connectivity index (χ1v) is 7.77. The van der Waals surface area contributed by atoms with E-state index in [9.17, 15) is 0 Å². The van der Waals surface area contributed by atoms with E-state index < -0.39 is 0 Å². The molecule has 2 N–H and O–H groups in total. The Morgan fingerprint density at radius 2 is 2.24 bits per heavy atom. The van der Waals surface area contributed by atoms with Gasteiger partial charge in [-0.3, -0.25) is 4.68 Å². The van der Waals surface area contributed by atoms with Gasteiger partial charge in [0, 0.05) is 38.3 Å². The zero-order valence-corrected chi connectivity index (χ0v) is 12.5. The summed E-state index contributed by atoms with van der Waals surface area (Å²) in [6.45, 7) is 1.68. The molecule has 0 aromatic carbocycles. The van der Waals surface area contributed by atoms with E-state index in [1.807, 2.05) is 24.0 Å². The Balaban J connectivity index is 1.67. The number of aromatic nitrogens is 4. The molecule has 4 heterocycles. The maximum absolute atomic E-state index is 6.35. The molecule has 0 bridgehead atoms. The highest BCUT2D eigenvalue weighted by atomic mass is 32.1. The van der Waals surface area contributed by atoms with Crippen molar-refractivity contribution >= 4 is 27.4 Å². The van der Waals surface area contributed by atoms with Gasteiger partial charge in [-0.05, 0) is 17.0 Å². The number of rotatable bonds is 2. The Bertz CT molecular complexity index is 778. The molecule has 4 rings (SSSR count). The molecule has 0 aliphatic carbocycles. The summed E-state index contributed by atoms with van der Waals surface area (Å²) in [5.41, 5.74) is 8.55. The van der Waals surface area contributed by atoms with Gasteiger partial charge in [0.05, 0.1) is 16.4 Å². The number of nitrogens with zero attached hydrogens (tertiary/aromatic N) is 5. The van der Waals surface area contributed by atoms with E-state index >= 15 is 0 Å². The summed E-state index contributed by atoms with van der Waals surface area (Å²) in [6.07, 6.45) is 5.59. The Kier molecular flexibility index (Phi) is 2.90. The van der Waals surface area contributed by atoms with E-state index in [-0.39, 0.29) is 6.04 Å². The highest BCUT2D eigenvalue weighted by Crippen LogP contribution is 2.34. The van der Waals surface area contributed by atoms with E-state index in [1.54, 1.807) is 17.7 Å². The molecule has 0 saturated carbocycles. The molecular formula is C14H16N6S. The smallest absolute Gasteiger partial charge is 0.150 e. The van der Waals surface area contributed by atoms with Crippen molar-refractivity contribution in [3.63, 3.8) is 0 Å². The van der Waals surface area contributed by atoms with E-state index in [0.29, 0.717) is 5.92 Å². The molecule has 0 radical (unpaired) electrons. The van der Waals surface area contributed by atoms with E-state index in [1.165, 1.54) is 5.56 Å². The van der Waals surface area contributed by atoms with Crippen LogP contribution < -0.4 is 10.6 Å². The van der Waals surface area contributed by atoms with Crippen LogP contribution in [0.2, 0.25) is 0 Å². The van der Waals surface area contributed by atoms with Gasteiger partial charge in [-0.1, -0.05) is 0 Å². The van der Waals surface area contributed by atoms with Crippen molar-refractivity contribution in [2.75, 3.05) is 18.0 Å². The lowest BCUT2D eigenvalue weighted by atomic mass is 9.98. The summed E-state index contributed by atoms with van der Waals surface area (Å²) in [5.74, 6) is 1.29. The SMILES string of the molecule is Cn1cc([C@@H]2CN(c3ncnc4ccsc34)C[C@H]2N)cn1. The molecular weight excluding hydrogens is 284 g/mol. The van der Waals surface area contributed by atoms with Gasteiger partial charge in [-0.2, -0.15) is 5.10 Å². The molecule has 0 amide bonds. The van der Waals surface area contributed by atoms with Crippen molar-refractivity contribution in [3.05, 3.63) is 35.7 Å². The lowest BCUT2D eigenvalue weighted by molar-refractivity contribution is 0.652. The van der Waals surface area contributed by atoms with Crippen molar-refractivity contribution in [2.45, 2.75) is 12.0 Å². The predicted molar refractivity (Wildman–Crippen MR) is 83.6 cm³/mol. The van der Waals surface area contributed by atoms with E-state index in [0.717, 1.165) is 29.1 Å². The molecule has 1 fully saturated rings. The molecule has 1 saturated heterocycles. The van der Waals surface area contributed by atoms with E-state index in [2.05, 4.69) is 31.5 Å². The number of anilines is 1. The number of hydrogen-bond acceptors (Lipinski definition) is 6. The summed E-state index contributed by atoms with van der Waals surface area (Å²) in [4.78, 5) is 11.0. The Morgan fingerprint density at radius 1 is 1.33 bits per heavy atom. The fraction of sp³-hybridized carbons (Fsp3) is 0.357. The second kappa shape index (κ2) is 4.78. The minimum atomic E-state index is 0.0965. The quantitative estimate of drug-likeness (QED) is 0.773. The molecule has 7 heteroatoms. The first-order chi connectivity index (χ1) is 10.2. The zero-order chi connectivity index (χ0) is 14.4. The number of aryl methyl sites for hydroxylation is 1. The van der Waals surface area contributed by atoms with Crippen LogP contribution in [-0.4, -0.2) is 38.9 Å². The normalized spacial score (nSPS) is 22.3. The van der Waals surface area contributed by atoms with Crippen LogP contribution in [0.15, 0.2) is 30.2 Å². The van der Waals surface area contributed by atoms with Crippen LogP contribution in [0.25, 0.3) is 10.2 Å². The summed E-state index contributed by atoms with van der Waals surface area (Å²) in [7, 11) is 1.93. The fourth-order valence-electron chi connectivity index (χ4n) is 2.99. The van der Waals surface area contributed by atoms with Crippen LogP contribution in [0.5, 0.6) is 0 Å². The third kappa shape index (κ3) is 2.09. The second-order valence-electron chi connectivity index (χ2n) is 5.45. The number of nitrogens with two attached hydrogens (primary N) is 1. The minimum Gasteiger partial charge on any atom is -0.353 e. The number of fused-ring (bicyclic) bond motifs is 1. The van der Waals surface area contributed by atoms with Crippen LogP contribution in [0.1, 0.15) is 11.5 Å². The maximum atomic E-state index is 6.35. The second-order valence-corrected chi connectivity index (χ2v) is 6.37. The van der Waals surface area contributed by atoms with Crippen LogP contribution in [0.3, 0.4) is 0 Å². The first-order valence-electron chi connectivity index (χ1n) is 6.89. The molecule has 108 valence electrons. The van der Waals surface area contributed by atoms with Crippen molar-refractivity contribution < 1.29 is 0 Å². The number of thiophene rings is 1. The summed E-state index contributed by atoms with van der Waals surface area (Å²) in [5, 5.41) is 6.31. The summed E-state index contributed by atoms with van der Waals surface area (Å²) >= 11 is 1.68. The monoisotopic (exact) mass is 300 g/mol. The standard InChI is InChI=1S/C14H16N6S/c1-19-5-9(4-18-19)10-6-20(7-11(10)15)14-13-12(2-3-21-13)16-8-17-14/h2-5,8,10-11H,6-7,15H2,1H3/t10-,11+/m0/s1. The van der Waals surface area contributed by atoms with Gasteiger partial charge in [0.2, 0.25) is 0 Å². The third-order valence-corrected chi connectivity index (χ3v) is 4.94. The Labute approximate surface area is 126 Å². The largest absolute Gasteiger partial charge is 0.353 e. The van der Waals surface area contributed by atoms with Crippen molar-refractivity contribution in [1.29, 1.82) is 0 Å². The van der Waals surface area contributed by atoms with Gasteiger partial charge in [0.15, 0.2) is 0 Å². The highest BCUT2D eigenvalue weighted by Gasteiger charge is 2.33. The zero-order valence-electron chi connectivity index (χ0n) is 11.7. The molecule has 0 spiro atoms. The molecule has 1 aliphatic rings. The molecule has 6 nitrogen and oxygen atoms in total. The Hall–Kier alpha value is -1.99. The maximum Gasteiger partial charge on any atom is 0.150 e. The topological polar surface area (TPSA) is 72.9 Å². The van der Waals surface area contributed by atoms with Gasteiger partial charge in [-0.15, -0.1) is 11.3 Å². The van der Waals surface area contributed by atoms with Crippen molar-refractivity contribution in [2.24, 2.45) is 12.8 Å². The molecule has 3 aromatic rings. The van der Waals surface area contributed by atoms with Crippen molar-refractivity contribution in [3.8, 4) is 0 Å². The minimum absolute atomic E-state index is 0.0965. The fourth-order valence-corrected chi connectivity index (χ4v) is 3.85. The van der Waals surface area contributed by atoms with Gasteiger partial charge >= 0.3 is 0 Å². The average molecular weight is 300 g/mol. The lowest BCUT2D eigenvalue weighted by Crippen LogP contribution is -2.28. The average Bonchev–Trinajstić information content (AvgIpc) is 3.17. The van der Waals surface area contributed by atoms with E-state index in [4.69, 9.17) is 5.73 Å². The van der Waals surface area contributed by atoms with Gasteiger partial charge in [-0.25, -0.2) is 9.97 Å². The molecule has 1 aliphatic heterocycles. The van der Waals surface area contributed by atoms with Gasteiger partial charge < -0.3 is 10.6 Å². The Morgan fingerprint density at radius 3 is 3.05 bits per heavy atom. The molecule has 21 heavy (non-hydrogen) atoms. The summed E-state index contributed by atoms with van der Waals surface area (Å²) < 4.78 is 2.96. The van der Waals surface area contributed by atoms with Crippen LogP contribution in [-0.2, 0) is 7.05 Å². The van der Waals surface area contributed by atoms with Crippen LogP contribution in [0.4, 0.5) is 5.82 Å². The lowest BCUT2D eigenvalue weighted by Gasteiger charge is -2.17. The predicted octanol–water partition coefficient (Wildman–Crippen LogP) is 1.36. The highest BCUT2D eigenvalue weighted by molar-refractivity contribution is 7.17. The van der Waals surface area contributed by atoms with Gasteiger partial charge in [0.25, 0.3) is 0 Å². The molecule has 2 atom stereocenters. The van der Waals surface area contributed by atoms with Crippen LogP contribution in [0, 0.1) is 0 Å². The molecule has 3 aromatic heterocycles. The first kappa shape index (κ1) is 12.7. The number of hydrogen-bond donors (Lipinski definition) is 1. The molecule has 0 unspecified atom stereocenters. The van der Waals surface area contributed by atoms with Gasteiger partial charge in [0.1, 0.15) is 12.1 Å². The van der Waals surface area contributed by atoms with Crippen LogP contribution >= 0.6 is 11.3 Å². The van der Waals surface area contributed by atoms with Crippen molar-refractivity contribution in [1.82, 2.24) is 19.7 Å². The third-order valence-electron chi connectivity index (χ3n) is 4.04.